The van der Waals surface area contributed by atoms with E-state index in [1.807, 2.05) is 91.0 Å². The third kappa shape index (κ3) is 7.11. The molecule has 0 aliphatic carbocycles. The maximum absolute atomic E-state index is 12.5. The molecule has 5 rings (SSSR count). The van der Waals surface area contributed by atoms with Gasteiger partial charge < -0.3 is 28.3 Å². The van der Waals surface area contributed by atoms with Crippen molar-refractivity contribution in [3.05, 3.63) is 125 Å². The maximum Gasteiger partial charge on any atom is 0.358 e. The molecule has 1 aliphatic heterocycles. The Labute approximate surface area is 245 Å². The third-order valence-electron chi connectivity index (χ3n) is 7.05. The van der Waals surface area contributed by atoms with Gasteiger partial charge in [-0.15, -0.1) is 0 Å². The number of esters is 1. The van der Waals surface area contributed by atoms with Crippen LogP contribution in [0, 0.1) is 11.3 Å². The van der Waals surface area contributed by atoms with Crippen molar-refractivity contribution in [1.82, 2.24) is 9.55 Å². The Morgan fingerprint density at radius 1 is 0.857 bits per heavy atom. The average molecular weight is 568 g/mol. The van der Waals surface area contributed by atoms with Crippen LogP contribution in [-0.4, -0.2) is 47.5 Å². The molecular formula is C33H33N3O6. The second-order valence-electron chi connectivity index (χ2n) is 9.86. The molecule has 0 bridgehead atoms. The van der Waals surface area contributed by atoms with Gasteiger partial charge in [-0.05, 0) is 16.7 Å². The second-order valence-corrected chi connectivity index (χ2v) is 9.86. The number of methoxy groups -OCH3 is 1. The van der Waals surface area contributed by atoms with Gasteiger partial charge >= 0.3 is 5.97 Å². The number of nitrogens with zero attached hydrogens (tertiary/aromatic N) is 3. The van der Waals surface area contributed by atoms with Crippen LogP contribution in [-0.2, 0) is 49.9 Å². The molecule has 0 amide bonds. The fourth-order valence-electron chi connectivity index (χ4n) is 4.97. The summed E-state index contributed by atoms with van der Waals surface area (Å²) in [6.45, 7) is 1.29. The number of hydrogen-bond acceptors (Lipinski definition) is 8. The van der Waals surface area contributed by atoms with E-state index in [2.05, 4.69) is 11.1 Å². The summed E-state index contributed by atoms with van der Waals surface area (Å²) in [7, 11) is 1.28. The minimum Gasteiger partial charge on any atom is -0.464 e. The SMILES string of the molecule is COC(=O)c1ncn([C@@H]2O[C@H](COCc3ccccc3)[C@@H](OCc3ccccc3)[C@@H]2OCc2ccccc2)c1CC#N. The molecule has 1 aliphatic rings. The molecule has 9 heteroatoms. The lowest BCUT2D eigenvalue weighted by atomic mass is 10.1. The van der Waals surface area contributed by atoms with E-state index in [0.717, 1.165) is 16.7 Å². The molecule has 1 saturated heterocycles. The first-order valence-corrected chi connectivity index (χ1v) is 13.8. The van der Waals surface area contributed by atoms with Crippen LogP contribution in [0.4, 0.5) is 0 Å². The van der Waals surface area contributed by atoms with Crippen LogP contribution >= 0.6 is 0 Å². The van der Waals surface area contributed by atoms with Gasteiger partial charge in [-0.2, -0.15) is 5.26 Å². The Hall–Kier alpha value is -4.33. The van der Waals surface area contributed by atoms with Gasteiger partial charge in [-0.3, -0.25) is 0 Å². The third-order valence-corrected chi connectivity index (χ3v) is 7.05. The lowest BCUT2D eigenvalue weighted by Crippen LogP contribution is -2.38. The van der Waals surface area contributed by atoms with Gasteiger partial charge in [0.05, 0.1) is 58.0 Å². The van der Waals surface area contributed by atoms with E-state index >= 15 is 0 Å². The highest BCUT2D eigenvalue weighted by atomic mass is 16.6. The number of nitriles is 1. The zero-order chi connectivity index (χ0) is 29.1. The molecule has 1 aromatic heterocycles. The number of aromatic nitrogens is 2. The highest BCUT2D eigenvalue weighted by Gasteiger charge is 2.48. The topological polar surface area (TPSA) is 105 Å². The summed E-state index contributed by atoms with van der Waals surface area (Å²) in [5, 5.41) is 9.58. The van der Waals surface area contributed by atoms with Crippen LogP contribution in [0.2, 0.25) is 0 Å². The molecule has 0 saturated carbocycles. The standard InChI is InChI=1S/C33H33N3O6/c1-38-33(37)29-27(17-18-34)36(23-35-29)32-31(41-21-26-15-9-4-10-16-26)30(40-20-25-13-7-3-8-14-25)28(42-32)22-39-19-24-11-5-2-6-12-24/h2-16,23,28,30-32H,17,19-22H2,1H3/t28-,30-,31+,32-/m1/s1. The molecule has 42 heavy (non-hydrogen) atoms. The number of benzene rings is 3. The summed E-state index contributed by atoms with van der Waals surface area (Å²) in [6.07, 6.45) is -0.981. The number of imidazole rings is 1. The van der Waals surface area contributed by atoms with Crippen molar-refractivity contribution in [3.8, 4) is 6.07 Å². The molecule has 1 fully saturated rings. The van der Waals surface area contributed by atoms with Gasteiger partial charge in [0.1, 0.15) is 18.3 Å². The number of carbonyl (C=O) groups is 1. The molecule has 0 spiro atoms. The molecule has 4 aromatic rings. The first-order chi connectivity index (χ1) is 20.7. The number of rotatable bonds is 13. The van der Waals surface area contributed by atoms with Crippen molar-refractivity contribution in [2.45, 2.75) is 50.8 Å². The first-order valence-electron chi connectivity index (χ1n) is 13.8. The minimum absolute atomic E-state index is 0.0648. The molecule has 4 atom stereocenters. The Morgan fingerprint density at radius 3 is 1.95 bits per heavy atom. The summed E-state index contributed by atoms with van der Waals surface area (Å²) >= 11 is 0. The quantitative estimate of drug-likeness (QED) is 0.208. The van der Waals surface area contributed by atoms with Crippen molar-refractivity contribution in [2.75, 3.05) is 13.7 Å². The van der Waals surface area contributed by atoms with E-state index in [1.54, 1.807) is 4.57 Å². The van der Waals surface area contributed by atoms with Crippen molar-refractivity contribution in [3.63, 3.8) is 0 Å². The second kappa shape index (κ2) is 14.5. The zero-order valence-electron chi connectivity index (χ0n) is 23.4. The summed E-state index contributed by atoms with van der Waals surface area (Å²) in [5.41, 5.74) is 3.48. The van der Waals surface area contributed by atoms with Crippen LogP contribution < -0.4 is 0 Å². The lowest BCUT2D eigenvalue weighted by Gasteiger charge is -2.26. The fourth-order valence-corrected chi connectivity index (χ4v) is 4.97. The van der Waals surface area contributed by atoms with E-state index < -0.39 is 30.5 Å². The van der Waals surface area contributed by atoms with Gasteiger partial charge in [0, 0.05) is 0 Å². The number of hydrogen-bond donors (Lipinski definition) is 0. The molecule has 2 heterocycles. The predicted molar refractivity (Wildman–Crippen MR) is 153 cm³/mol. The van der Waals surface area contributed by atoms with Crippen molar-refractivity contribution in [1.29, 1.82) is 5.26 Å². The van der Waals surface area contributed by atoms with E-state index in [1.165, 1.54) is 13.4 Å². The fraction of sp³-hybridized carbons (Fsp3) is 0.303. The summed E-state index contributed by atoms with van der Waals surface area (Å²) < 4.78 is 32.3. The molecular weight excluding hydrogens is 534 g/mol. The summed E-state index contributed by atoms with van der Waals surface area (Å²) in [6, 6.07) is 31.7. The highest BCUT2D eigenvalue weighted by Crippen LogP contribution is 2.36. The van der Waals surface area contributed by atoms with Crippen molar-refractivity contribution in [2.24, 2.45) is 0 Å². The van der Waals surface area contributed by atoms with Crippen LogP contribution in [0.5, 0.6) is 0 Å². The molecule has 0 unspecified atom stereocenters. The van der Waals surface area contributed by atoms with Crippen molar-refractivity contribution < 1.29 is 28.5 Å². The Morgan fingerprint density at radius 2 is 1.40 bits per heavy atom. The van der Waals surface area contributed by atoms with Gasteiger partial charge in [0.2, 0.25) is 0 Å². The molecule has 9 nitrogen and oxygen atoms in total. The molecule has 0 radical (unpaired) electrons. The number of ether oxygens (including phenoxy) is 5. The van der Waals surface area contributed by atoms with Crippen LogP contribution in [0.25, 0.3) is 0 Å². The summed E-state index contributed by atoms with van der Waals surface area (Å²) in [4.78, 5) is 16.7. The molecule has 216 valence electrons. The van der Waals surface area contributed by atoms with E-state index in [9.17, 15) is 10.1 Å². The van der Waals surface area contributed by atoms with Gasteiger partial charge in [-0.1, -0.05) is 91.0 Å². The van der Waals surface area contributed by atoms with E-state index in [4.69, 9.17) is 23.7 Å². The number of carbonyl (C=O) groups excluding carboxylic acids is 1. The Kier molecular flexibility index (Phi) is 10.1. The largest absolute Gasteiger partial charge is 0.464 e. The first kappa shape index (κ1) is 29.2. The Bertz CT molecular complexity index is 1460. The van der Waals surface area contributed by atoms with Crippen molar-refractivity contribution >= 4 is 5.97 Å². The normalized spacial score (nSPS) is 19.8. The Balaban J connectivity index is 1.45. The zero-order valence-corrected chi connectivity index (χ0v) is 23.4. The molecule has 3 aromatic carbocycles. The smallest absolute Gasteiger partial charge is 0.358 e. The minimum atomic E-state index is -0.742. The van der Waals surface area contributed by atoms with Crippen LogP contribution in [0.1, 0.15) is 39.1 Å². The van der Waals surface area contributed by atoms with Gasteiger partial charge in [0.15, 0.2) is 11.9 Å². The van der Waals surface area contributed by atoms with E-state index in [0.29, 0.717) is 25.5 Å². The predicted octanol–water partition coefficient (Wildman–Crippen LogP) is 5.02. The van der Waals surface area contributed by atoms with Crippen LogP contribution in [0.3, 0.4) is 0 Å². The van der Waals surface area contributed by atoms with Crippen LogP contribution in [0.15, 0.2) is 97.3 Å². The average Bonchev–Trinajstić information content (AvgIpc) is 3.61. The van der Waals surface area contributed by atoms with E-state index in [-0.39, 0.29) is 18.7 Å². The summed E-state index contributed by atoms with van der Waals surface area (Å²) in [5.74, 6) is -0.627. The lowest BCUT2D eigenvalue weighted by molar-refractivity contribution is -0.0918. The maximum atomic E-state index is 12.5. The molecule has 0 N–H and O–H groups in total. The van der Waals surface area contributed by atoms with Gasteiger partial charge in [0.25, 0.3) is 0 Å². The highest BCUT2D eigenvalue weighted by molar-refractivity contribution is 5.88. The van der Waals surface area contributed by atoms with Gasteiger partial charge in [-0.25, -0.2) is 9.78 Å². The monoisotopic (exact) mass is 567 g/mol.